The molecule has 3 aromatic rings. The van der Waals surface area contributed by atoms with E-state index in [1.807, 2.05) is 6.92 Å². The van der Waals surface area contributed by atoms with Crippen molar-refractivity contribution >= 4 is 17.2 Å². The lowest BCUT2D eigenvalue weighted by Gasteiger charge is -2.12. The molecular weight excluding hydrogens is 359 g/mol. The second kappa shape index (κ2) is 7.30. The topological polar surface area (TPSA) is 55.6 Å². The molecule has 8 heteroatoms. The first kappa shape index (κ1) is 18.8. The fraction of sp³-hybridized carbons (Fsp3) is 0.263. The van der Waals surface area contributed by atoms with Crippen LogP contribution in [0.1, 0.15) is 35.1 Å². The first-order valence-corrected chi connectivity index (χ1v) is 8.40. The molecule has 142 valence electrons. The van der Waals surface area contributed by atoms with Crippen LogP contribution in [0, 0.1) is 6.92 Å². The Bertz CT molecular complexity index is 980. The van der Waals surface area contributed by atoms with E-state index in [4.69, 9.17) is 4.74 Å². The SMILES string of the molecule is CCCOc1ccccc1NC(=O)c1c(C)nc2ccc(C(F)(F)F)cn12. The molecule has 3 rings (SSSR count). The lowest BCUT2D eigenvalue weighted by Crippen LogP contribution is -2.17. The fourth-order valence-corrected chi connectivity index (χ4v) is 2.69. The standard InChI is InChI=1S/C19H18F3N3O2/c1-3-10-27-15-7-5-4-6-14(15)24-18(26)17-12(2)23-16-9-8-13(11-25(16)17)19(20,21)22/h4-9,11H,3,10H2,1-2H3,(H,24,26). The van der Waals surface area contributed by atoms with E-state index in [-0.39, 0.29) is 11.3 Å². The Morgan fingerprint density at radius 2 is 1.96 bits per heavy atom. The quantitative estimate of drug-likeness (QED) is 0.701. The zero-order valence-corrected chi connectivity index (χ0v) is 14.8. The van der Waals surface area contributed by atoms with Crippen LogP contribution in [-0.2, 0) is 6.18 Å². The highest BCUT2D eigenvalue weighted by Crippen LogP contribution is 2.30. The van der Waals surface area contributed by atoms with Crippen LogP contribution < -0.4 is 10.1 Å². The third-order valence-corrected chi connectivity index (χ3v) is 3.93. The van der Waals surface area contributed by atoms with Gasteiger partial charge in [0.05, 0.1) is 23.6 Å². The van der Waals surface area contributed by atoms with Gasteiger partial charge in [-0.25, -0.2) is 4.98 Å². The Morgan fingerprint density at radius 3 is 2.67 bits per heavy atom. The number of rotatable bonds is 5. The summed E-state index contributed by atoms with van der Waals surface area (Å²) in [6.45, 7) is 4.02. The van der Waals surface area contributed by atoms with E-state index in [9.17, 15) is 18.0 Å². The molecule has 0 aliphatic rings. The van der Waals surface area contributed by atoms with Gasteiger partial charge in [-0.05, 0) is 37.6 Å². The van der Waals surface area contributed by atoms with Crippen molar-refractivity contribution in [1.29, 1.82) is 0 Å². The number of ether oxygens (including phenoxy) is 1. The van der Waals surface area contributed by atoms with Crippen molar-refractivity contribution in [2.75, 3.05) is 11.9 Å². The Kier molecular flexibility index (Phi) is 5.07. The number of alkyl halides is 3. The predicted molar refractivity (Wildman–Crippen MR) is 95.1 cm³/mol. The van der Waals surface area contributed by atoms with Crippen molar-refractivity contribution in [3.8, 4) is 5.75 Å². The Hall–Kier alpha value is -3.03. The summed E-state index contributed by atoms with van der Waals surface area (Å²) in [6.07, 6.45) is -2.83. The predicted octanol–water partition coefficient (Wildman–Crippen LogP) is 4.70. The molecule has 1 N–H and O–H groups in total. The van der Waals surface area contributed by atoms with E-state index >= 15 is 0 Å². The van der Waals surface area contributed by atoms with Crippen molar-refractivity contribution in [2.45, 2.75) is 26.4 Å². The van der Waals surface area contributed by atoms with E-state index < -0.39 is 17.6 Å². The lowest BCUT2D eigenvalue weighted by atomic mass is 10.2. The number of carbonyl (C=O) groups is 1. The number of aromatic nitrogens is 2. The minimum absolute atomic E-state index is 0.0430. The molecule has 0 unspecified atom stereocenters. The molecule has 2 heterocycles. The lowest BCUT2D eigenvalue weighted by molar-refractivity contribution is -0.137. The van der Waals surface area contributed by atoms with Gasteiger partial charge in [-0.3, -0.25) is 9.20 Å². The van der Waals surface area contributed by atoms with Crippen molar-refractivity contribution < 1.29 is 22.7 Å². The average Bonchev–Trinajstić information content (AvgIpc) is 2.95. The maximum atomic E-state index is 13.0. The third kappa shape index (κ3) is 3.89. The second-order valence-electron chi connectivity index (χ2n) is 5.99. The first-order valence-electron chi connectivity index (χ1n) is 8.40. The van der Waals surface area contributed by atoms with Crippen molar-refractivity contribution in [3.05, 3.63) is 59.5 Å². The number of hydrogen-bond donors (Lipinski definition) is 1. The number of aryl methyl sites for hydroxylation is 1. The summed E-state index contributed by atoms with van der Waals surface area (Å²) in [5, 5.41) is 2.71. The zero-order chi connectivity index (χ0) is 19.6. The van der Waals surface area contributed by atoms with E-state index in [2.05, 4.69) is 10.3 Å². The number of pyridine rings is 1. The Labute approximate surface area is 153 Å². The molecule has 0 aliphatic carbocycles. The summed E-state index contributed by atoms with van der Waals surface area (Å²) in [7, 11) is 0. The molecule has 27 heavy (non-hydrogen) atoms. The fourth-order valence-electron chi connectivity index (χ4n) is 2.69. The Balaban J connectivity index is 1.98. The van der Waals surface area contributed by atoms with Gasteiger partial charge < -0.3 is 10.1 Å². The van der Waals surface area contributed by atoms with E-state index in [1.54, 1.807) is 31.2 Å². The summed E-state index contributed by atoms with van der Waals surface area (Å²) in [5.41, 5.74) is 0.228. The summed E-state index contributed by atoms with van der Waals surface area (Å²) in [5.74, 6) is -0.0676. The van der Waals surface area contributed by atoms with Crippen LogP contribution in [0.5, 0.6) is 5.75 Å². The highest BCUT2D eigenvalue weighted by Gasteiger charge is 2.31. The van der Waals surface area contributed by atoms with Crippen molar-refractivity contribution in [3.63, 3.8) is 0 Å². The summed E-state index contributed by atoms with van der Waals surface area (Å²) < 4.78 is 45.8. The van der Waals surface area contributed by atoms with Crippen LogP contribution in [0.3, 0.4) is 0 Å². The molecular formula is C19H18F3N3O2. The molecule has 0 saturated carbocycles. The molecule has 1 aromatic carbocycles. The van der Waals surface area contributed by atoms with Crippen LogP contribution in [0.4, 0.5) is 18.9 Å². The van der Waals surface area contributed by atoms with Gasteiger partial charge in [0.1, 0.15) is 17.1 Å². The van der Waals surface area contributed by atoms with Crippen molar-refractivity contribution in [2.24, 2.45) is 0 Å². The summed E-state index contributed by atoms with van der Waals surface area (Å²) in [6, 6.07) is 9.08. The van der Waals surface area contributed by atoms with Gasteiger partial charge in [-0.15, -0.1) is 0 Å². The zero-order valence-electron chi connectivity index (χ0n) is 14.8. The molecule has 0 saturated heterocycles. The summed E-state index contributed by atoms with van der Waals surface area (Å²) >= 11 is 0. The van der Waals surface area contributed by atoms with Crippen molar-refractivity contribution in [1.82, 2.24) is 9.38 Å². The molecule has 1 amide bonds. The highest BCUT2D eigenvalue weighted by atomic mass is 19.4. The van der Waals surface area contributed by atoms with Gasteiger partial charge in [0, 0.05) is 6.20 Å². The third-order valence-electron chi connectivity index (χ3n) is 3.93. The number of hydrogen-bond acceptors (Lipinski definition) is 3. The maximum Gasteiger partial charge on any atom is 0.417 e. The Morgan fingerprint density at radius 1 is 1.22 bits per heavy atom. The van der Waals surface area contributed by atoms with E-state index in [0.29, 0.717) is 23.7 Å². The minimum atomic E-state index is -4.51. The van der Waals surface area contributed by atoms with Gasteiger partial charge >= 0.3 is 6.18 Å². The van der Waals surface area contributed by atoms with Gasteiger partial charge in [-0.2, -0.15) is 13.2 Å². The van der Waals surface area contributed by atoms with Crippen LogP contribution in [0.25, 0.3) is 5.65 Å². The largest absolute Gasteiger partial charge is 0.491 e. The van der Waals surface area contributed by atoms with Gasteiger partial charge in [-0.1, -0.05) is 19.1 Å². The number of carbonyl (C=O) groups excluding carboxylic acids is 1. The normalized spacial score (nSPS) is 11.6. The highest BCUT2D eigenvalue weighted by molar-refractivity contribution is 6.05. The number of anilines is 1. The number of benzene rings is 1. The summed E-state index contributed by atoms with van der Waals surface area (Å²) in [4.78, 5) is 17.0. The molecule has 2 aromatic heterocycles. The smallest absolute Gasteiger partial charge is 0.417 e. The molecule has 0 atom stereocenters. The van der Waals surface area contributed by atoms with Gasteiger partial charge in [0.2, 0.25) is 0 Å². The molecule has 0 bridgehead atoms. The van der Waals surface area contributed by atoms with Crippen LogP contribution >= 0.6 is 0 Å². The molecule has 0 spiro atoms. The first-order chi connectivity index (χ1) is 12.8. The number of amides is 1. The van der Waals surface area contributed by atoms with Crippen LogP contribution in [0.2, 0.25) is 0 Å². The van der Waals surface area contributed by atoms with E-state index in [0.717, 1.165) is 23.1 Å². The van der Waals surface area contributed by atoms with Crippen LogP contribution in [-0.4, -0.2) is 21.9 Å². The number of para-hydroxylation sites is 2. The number of fused-ring (bicyclic) bond motifs is 1. The number of halogens is 3. The molecule has 0 fully saturated rings. The molecule has 5 nitrogen and oxygen atoms in total. The van der Waals surface area contributed by atoms with Crippen LogP contribution in [0.15, 0.2) is 42.6 Å². The van der Waals surface area contributed by atoms with Gasteiger partial charge in [0.25, 0.3) is 5.91 Å². The maximum absolute atomic E-state index is 13.0. The second-order valence-corrected chi connectivity index (χ2v) is 5.99. The van der Waals surface area contributed by atoms with Gasteiger partial charge in [0.15, 0.2) is 0 Å². The number of nitrogens with one attached hydrogen (secondary N) is 1. The minimum Gasteiger partial charge on any atom is -0.491 e. The molecule has 0 radical (unpaired) electrons. The molecule has 0 aliphatic heterocycles. The monoisotopic (exact) mass is 377 g/mol. The average molecular weight is 377 g/mol. The van der Waals surface area contributed by atoms with E-state index in [1.165, 1.54) is 6.07 Å². The number of imidazole rings is 1. The number of nitrogens with zero attached hydrogens (tertiary/aromatic N) is 2.